The van der Waals surface area contributed by atoms with Crippen molar-refractivity contribution in [2.45, 2.75) is 24.9 Å². The summed E-state index contributed by atoms with van der Waals surface area (Å²) >= 11 is 0. The maximum Gasteiger partial charge on any atom is 0.337 e. The molecule has 4 heteroatoms. The zero-order valence-corrected chi connectivity index (χ0v) is 11.0. The smallest absolute Gasteiger partial charge is 0.337 e. The molecule has 20 heavy (non-hydrogen) atoms. The molecule has 1 aromatic heterocycles. The number of aromatic nitrogens is 1. The van der Waals surface area contributed by atoms with E-state index in [-0.39, 0.29) is 5.56 Å². The van der Waals surface area contributed by atoms with Gasteiger partial charge in [-0.15, -0.1) is 0 Å². The number of carbonyl (C=O) groups is 1. The summed E-state index contributed by atoms with van der Waals surface area (Å²) in [7, 11) is 0. The number of hydrogen-bond donors (Lipinski definition) is 2. The minimum absolute atomic E-state index is 0.224. The highest BCUT2D eigenvalue weighted by atomic mass is 16.4. The fourth-order valence-corrected chi connectivity index (χ4v) is 2.38. The maximum atomic E-state index is 10.7. The van der Waals surface area contributed by atoms with Crippen LogP contribution in [-0.2, 0) is 6.54 Å². The first-order chi connectivity index (χ1) is 9.74. The summed E-state index contributed by atoms with van der Waals surface area (Å²) in [5.74, 6) is -0.349. The minimum Gasteiger partial charge on any atom is -0.478 e. The molecule has 1 aliphatic carbocycles. The highest BCUT2D eigenvalue weighted by molar-refractivity contribution is 5.87. The van der Waals surface area contributed by atoms with Crippen LogP contribution in [0.25, 0.3) is 0 Å². The van der Waals surface area contributed by atoms with Crippen molar-refractivity contribution in [1.82, 2.24) is 10.3 Å². The molecule has 1 fully saturated rings. The summed E-state index contributed by atoms with van der Waals surface area (Å²) in [6.07, 6.45) is 2.55. The van der Waals surface area contributed by atoms with Crippen LogP contribution in [0, 0.1) is 0 Å². The van der Waals surface area contributed by atoms with E-state index in [2.05, 4.69) is 34.6 Å². The maximum absolute atomic E-state index is 10.7. The van der Waals surface area contributed by atoms with Gasteiger partial charge in [-0.05, 0) is 24.1 Å². The Bertz CT molecular complexity index is 596. The van der Waals surface area contributed by atoms with Crippen LogP contribution in [0.5, 0.6) is 0 Å². The second-order valence-electron chi connectivity index (χ2n) is 5.08. The van der Waals surface area contributed by atoms with E-state index in [0.29, 0.717) is 18.5 Å². The number of nitrogens with zero attached hydrogens (tertiary/aromatic N) is 1. The van der Waals surface area contributed by atoms with E-state index in [9.17, 15) is 4.79 Å². The van der Waals surface area contributed by atoms with E-state index in [1.54, 1.807) is 12.1 Å². The fourth-order valence-electron chi connectivity index (χ4n) is 2.38. The molecule has 3 rings (SSSR count). The van der Waals surface area contributed by atoms with E-state index in [1.807, 2.05) is 6.07 Å². The van der Waals surface area contributed by atoms with Gasteiger partial charge in [0, 0.05) is 24.7 Å². The summed E-state index contributed by atoms with van der Waals surface area (Å²) in [5.41, 5.74) is 2.47. The molecular weight excluding hydrogens is 252 g/mol. The van der Waals surface area contributed by atoms with Gasteiger partial charge in [0.05, 0.1) is 11.3 Å². The van der Waals surface area contributed by atoms with Crippen LogP contribution >= 0.6 is 0 Å². The van der Waals surface area contributed by atoms with Gasteiger partial charge < -0.3 is 10.4 Å². The van der Waals surface area contributed by atoms with Crippen LogP contribution in [0.4, 0.5) is 0 Å². The molecule has 0 saturated heterocycles. The van der Waals surface area contributed by atoms with Crippen molar-refractivity contribution >= 4 is 5.97 Å². The molecule has 1 aromatic carbocycles. The molecule has 2 N–H and O–H groups in total. The molecule has 0 radical (unpaired) electrons. The van der Waals surface area contributed by atoms with E-state index in [4.69, 9.17) is 5.11 Å². The summed E-state index contributed by atoms with van der Waals surface area (Å²) in [6.45, 7) is 0.675. The Morgan fingerprint density at radius 1 is 1.25 bits per heavy atom. The first-order valence-electron chi connectivity index (χ1n) is 6.70. The van der Waals surface area contributed by atoms with Gasteiger partial charge in [-0.3, -0.25) is 4.98 Å². The third-order valence-electron chi connectivity index (χ3n) is 3.64. The van der Waals surface area contributed by atoms with Crippen LogP contribution in [0.15, 0.2) is 48.7 Å². The fraction of sp³-hybridized carbons (Fsp3) is 0.250. The molecule has 2 atom stereocenters. The quantitative estimate of drug-likeness (QED) is 0.874. The summed E-state index contributed by atoms with van der Waals surface area (Å²) in [6, 6.07) is 14.3. The number of nitrogens with one attached hydrogen (secondary N) is 1. The molecule has 2 aromatic rings. The number of hydrogen-bond acceptors (Lipinski definition) is 3. The predicted molar refractivity (Wildman–Crippen MR) is 75.6 cm³/mol. The lowest BCUT2D eigenvalue weighted by Crippen LogP contribution is -2.18. The lowest BCUT2D eigenvalue weighted by atomic mass is 10.1. The van der Waals surface area contributed by atoms with Gasteiger partial charge >= 0.3 is 5.97 Å². The van der Waals surface area contributed by atoms with Crippen molar-refractivity contribution in [2.75, 3.05) is 0 Å². The SMILES string of the molecule is O=C(O)c1ccc(CNC2CC2c2ccccc2)nc1. The van der Waals surface area contributed by atoms with E-state index < -0.39 is 5.97 Å². The van der Waals surface area contributed by atoms with Gasteiger partial charge in [0.15, 0.2) is 0 Å². The average molecular weight is 268 g/mol. The normalized spacial score (nSPS) is 20.6. The summed E-state index contributed by atoms with van der Waals surface area (Å²) in [5, 5.41) is 12.3. The Balaban J connectivity index is 1.53. The van der Waals surface area contributed by atoms with E-state index >= 15 is 0 Å². The lowest BCUT2D eigenvalue weighted by Gasteiger charge is -2.04. The zero-order valence-electron chi connectivity index (χ0n) is 11.0. The van der Waals surface area contributed by atoms with Gasteiger partial charge in [-0.25, -0.2) is 4.79 Å². The topological polar surface area (TPSA) is 62.2 Å². The molecule has 0 amide bonds. The molecular formula is C16H16N2O2. The van der Waals surface area contributed by atoms with Crippen molar-refractivity contribution in [3.63, 3.8) is 0 Å². The van der Waals surface area contributed by atoms with Crippen LogP contribution in [0.3, 0.4) is 0 Å². The zero-order chi connectivity index (χ0) is 13.9. The molecule has 0 aliphatic heterocycles. The van der Waals surface area contributed by atoms with Gasteiger partial charge in [-0.1, -0.05) is 30.3 Å². The second-order valence-corrected chi connectivity index (χ2v) is 5.08. The number of rotatable bonds is 5. The van der Waals surface area contributed by atoms with E-state index in [0.717, 1.165) is 12.1 Å². The van der Waals surface area contributed by atoms with Crippen LogP contribution < -0.4 is 5.32 Å². The first kappa shape index (κ1) is 12.8. The van der Waals surface area contributed by atoms with Crippen molar-refractivity contribution < 1.29 is 9.90 Å². The lowest BCUT2D eigenvalue weighted by molar-refractivity contribution is 0.0696. The van der Waals surface area contributed by atoms with Crippen molar-refractivity contribution in [3.8, 4) is 0 Å². The van der Waals surface area contributed by atoms with Gasteiger partial charge in [0.25, 0.3) is 0 Å². The molecule has 4 nitrogen and oxygen atoms in total. The van der Waals surface area contributed by atoms with Gasteiger partial charge in [0.1, 0.15) is 0 Å². The molecule has 1 heterocycles. The predicted octanol–water partition coefficient (Wildman–Crippen LogP) is 2.43. The van der Waals surface area contributed by atoms with Gasteiger partial charge in [-0.2, -0.15) is 0 Å². The van der Waals surface area contributed by atoms with Crippen molar-refractivity contribution in [3.05, 3.63) is 65.5 Å². The molecule has 1 aliphatic rings. The van der Waals surface area contributed by atoms with E-state index in [1.165, 1.54) is 11.8 Å². The van der Waals surface area contributed by atoms with Crippen LogP contribution in [-0.4, -0.2) is 22.1 Å². The monoisotopic (exact) mass is 268 g/mol. The average Bonchev–Trinajstić information content (AvgIpc) is 3.26. The second kappa shape index (κ2) is 5.43. The Kier molecular flexibility index (Phi) is 3.48. The summed E-state index contributed by atoms with van der Waals surface area (Å²) in [4.78, 5) is 14.9. The first-order valence-corrected chi connectivity index (χ1v) is 6.70. The number of benzene rings is 1. The Hall–Kier alpha value is -2.20. The minimum atomic E-state index is -0.941. The molecule has 102 valence electrons. The van der Waals surface area contributed by atoms with Gasteiger partial charge in [0.2, 0.25) is 0 Å². The third kappa shape index (κ3) is 2.86. The Morgan fingerprint density at radius 3 is 2.70 bits per heavy atom. The largest absolute Gasteiger partial charge is 0.478 e. The number of carboxylic acid groups (broad SMARTS) is 1. The third-order valence-corrected chi connectivity index (χ3v) is 3.64. The molecule has 0 spiro atoms. The number of carboxylic acids is 1. The highest BCUT2D eigenvalue weighted by Gasteiger charge is 2.37. The standard InChI is InChI=1S/C16H16N2O2/c19-16(20)12-6-7-13(17-9-12)10-18-15-8-14(15)11-4-2-1-3-5-11/h1-7,9,14-15,18H,8,10H2,(H,19,20). The highest BCUT2D eigenvalue weighted by Crippen LogP contribution is 2.40. The molecule has 2 unspecified atom stereocenters. The van der Waals surface area contributed by atoms with Crippen LogP contribution in [0.1, 0.15) is 34.0 Å². The number of pyridine rings is 1. The van der Waals surface area contributed by atoms with Crippen molar-refractivity contribution in [1.29, 1.82) is 0 Å². The Labute approximate surface area is 117 Å². The Morgan fingerprint density at radius 2 is 2.05 bits per heavy atom. The van der Waals surface area contributed by atoms with Crippen LogP contribution in [0.2, 0.25) is 0 Å². The molecule has 1 saturated carbocycles. The molecule has 0 bridgehead atoms. The summed E-state index contributed by atoms with van der Waals surface area (Å²) < 4.78 is 0. The number of aromatic carboxylic acids is 1. The van der Waals surface area contributed by atoms with Crippen molar-refractivity contribution in [2.24, 2.45) is 0 Å².